The molecule has 0 bridgehead atoms. The first kappa shape index (κ1) is 17.9. The predicted molar refractivity (Wildman–Crippen MR) is 93.5 cm³/mol. The molecule has 0 N–H and O–H groups in total. The molecule has 1 aromatic heterocycles. The van der Waals surface area contributed by atoms with Crippen LogP contribution in [0, 0.1) is 5.82 Å². The number of hydrogen-bond acceptors (Lipinski definition) is 7. The van der Waals surface area contributed by atoms with E-state index in [4.69, 9.17) is 9.47 Å². The van der Waals surface area contributed by atoms with Gasteiger partial charge in [-0.2, -0.15) is 0 Å². The summed E-state index contributed by atoms with van der Waals surface area (Å²) in [6, 6.07) is 8.24. The maximum Gasteiger partial charge on any atom is 0.316 e. The van der Waals surface area contributed by atoms with Crippen molar-refractivity contribution in [3.63, 3.8) is 0 Å². The van der Waals surface area contributed by atoms with E-state index in [2.05, 4.69) is 25.4 Å². The van der Waals surface area contributed by atoms with Crippen molar-refractivity contribution in [3.8, 4) is 6.01 Å². The van der Waals surface area contributed by atoms with Crippen molar-refractivity contribution in [2.24, 2.45) is 15.4 Å². The smallest absolute Gasteiger partial charge is 0.316 e. The SMILES string of the molecule is CCCOc1nccc(CCOC2=NN=NC2(C)c2ccc(F)cc2)n1. The van der Waals surface area contributed by atoms with Crippen molar-refractivity contribution in [2.45, 2.75) is 32.2 Å². The summed E-state index contributed by atoms with van der Waals surface area (Å²) in [7, 11) is 0. The van der Waals surface area contributed by atoms with Gasteiger partial charge in [-0.05, 0) is 42.3 Å². The Labute approximate surface area is 151 Å². The molecule has 1 atom stereocenters. The number of rotatable bonds is 7. The molecular weight excluding hydrogens is 337 g/mol. The lowest BCUT2D eigenvalue weighted by Gasteiger charge is -2.21. The van der Waals surface area contributed by atoms with Crippen LogP contribution >= 0.6 is 0 Å². The van der Waals surface area contributed by atoms with E-state index in [0.717, 1.165) is 17.7 Å². The second-order valence-corrected chi connectivity index (χ2v) is 5.95. The van der Waals surface area contributed by atoms with E-state index in [9.17, 15) is 4.39 Å². The average Bonchev–Trinajstić information content (AvgIpc) is 3.03. The Balaban J connectivity index is 1.60. The third-order valence-electron chi connectivity index (χ3n) is 3.93. The average molecular weight is 357 g/mol. The molecule has 2 aromatic rings. The molecule has 1 aliphatic rings. The minimum Gasteiger partial charge on any atom is -0.477 e. The third-order valence-corrected chi connectivity index (χ3v) is 3.93. The number of halogens is 1. The number of hydrogen-bond donors (Lipinski definition) is 0. The van der Waals surface area contributed by atoms with Crippen molar-refractivity contribution in [3.05, 3.63) is 53.6 Å². The first-order valence-electron chi connectivity index (χ1n) is 8.45. The Morgan fingerprint density at radius 2 is 1.88 bits per heavy atom. The van der Waals surface area contributed by atoms with Gasteiger partial charge in [-0.3, -0.25) is 0 Å². The Hall–Kier alpha value is -2.90. The summed E-state index contributed by atoms with van der Waals surface area (Å²) in [5.74, 6) is 0.0668. The topological polar surface area (TPSA) is 81.3 Å². The Kier molecular flexibility index (Phi) is 5.50. The molecule has 1 unspecified atom stereocenters. The molecule has 0 saturated carbocycles. The largest absolute Gasteiger partial charge is 0.477 e. The fourth-order valence-corrected chi connectivity index (χ4v) is 2.45. The van der Waals surface area contributed by atoms with Crippen molar-refractivity contribution < 1.29 is 13.9 Å². The standard InChI is InChI=1S/C18H20FN5O2/c1-3-11-26-17-20-10-8-15(21-17)9-12-25-16-18(2,23-24-22-16)13-4-6-14(19)7-5-13/h4-8,10H,3,9,11-12H2,1-2H3. The zero-order chi connectivity index (χ0) is 18.4. The Morgan fingerprint density at radius 3 is 2.65 bits per heavy atom. The molecule has 26 heavy (non-hydrogen) atoms. The van der Waals surface area contributed by atoms with Crippen molar-refractivity contribution in [2.75, 3.05) is 13.2 Å². The minimum absolute atomic E-state index is 0.309. The van der Waals surface area contributed by atoms with Crippen LogP contribution in [-0.2, 0) is 16.7 Å². The number of nitrogens with zero attached hydrogens (tertiary/aromatic N) is 5. The summed E-state index contributed by atoms with van der Waals surface area (Å²) in [6.07, 6.45) is 3.11. The molecule has 0 amide bonds. The maximum atomic E-state index is 13.2. The Bertz CT molecular complexity index is 809. The van der Waals surface area contributed by atoms with Crippen LogP contribution < -0.4 is 4.74 Å². The molecule has 1 aliphatic heterocycles. The molecular formula is C18H20FN5O2. The minimum atomic E-state index is -0.852. The Morgan fingerprint density at radius 1 is 1.08 bits per heavy atom. The number of ether oxygens (including phenoxy) is 2. The summed E-state index contributed by atoms with van der Waals surface area (Å²) in [5, 5.41) is 11.9. The van der Waals surface area contributed by atoms with Gasteiger partial charge in [-0.1, -0.05) is 24.2 Å². The summed E-state index contributed by atoms with van der Waals surface area (Å²) >= 11 is 0. The van der Waals surface area contributed by atoms with Gasteiger partial charge in [0.15, 0.2) is 5.54 Å². The zero-order valence-electron chi connectivity index (χ0n) is 14.7. The lowest BCUT2D eigenvalue weighted by molar-refractivity contribution is 0.276. The van der Waals surface area contributed by atoms with Gasteiger partial charge in [0.05, 0.1) is 18.9 Å². The van der Waals surface area contributed by atoms with Gasteiger partial charge in [0.25, 0.3) is 0 Å². The molecule has 136 valence electrons. The second-order valence-electron chi connectivity index (χ2n) is 5.95. The predicted octanol–water partition coefficient (Wildman–Crippen LogP) is 3.66. The molecule has 8 heteroatoms. The van der Waals surface area contributed by atoms with Gasteiger partial charge in [0.2, 0.25) is 5.90 Å². The van der Waals surface area contributed by atoms with Crippen LogP contribution in [0.25, 0.3) is 0 Å². The first-order chi connectivity index (χ1) is 12.6. The quantitative estimate of drug-likeness (QED) is 0.757. The monoisotopic (exact) mass is 357 g/mol. The van der Waals surface area contributed by atoms with Crippen LogP contribution in [0.4, 0.5) is 4.39 Å². The maximum absolute atomic E-state index is 13.2. The van der Waals surface area contributed by atoms with E-state index in [1.54, 1.807) is 18.3 Å². The van der Waals surface area contributed by atoms with E-state index in [-0.39, 0.29) is 5.82 Å². The normalized spacial score (nSPS) is 18.7. The fourth-order valence-electron chi connectivity index (χ4n) is 2.45. The molecule has 0 fully saturated rings. The highest BCUT2D eigenvalue weighted by atomic mass is 19.1. The summed E-state index contributed by atoms with van der Waals surface area (Å²) in [4.78, 5) is 8.41. The lowest BCUT2D eigenvalue weighted by Crippen LogP contribution is -2.30. The van der Waals surface area contributed by atoms with Crippen molar-refractivity contribution >= 4 is 5.90 Å². The van der Waals surface area contributed by atoms with Crippen molar-refractivity contribution in [1.29, 1.82) is 0 Å². The van der Waals surface area contributed by atoms with E-state index >= 15 is 0 Å². The molecule has 0 aliphatic carbocycles. The van der Waals surface area contributed by atoms with Gasteiger partial charge < -0.3 is 9.47 Å². The second kappa shape index (κ2) is 7.99. The molecule has 7 nitrogen and oxygen atoms in total. The molecule has 3 rings (SSSR count). The van der Waals surface area contributed by atoms with Gasteiger partial charge in [0, 0.05) is 12.6 Å². The number of aromatic nitrogens is 2. The zero-order valence-corrected chi connectivity index (χ0v) is 14.7. The van der Waals surface area contributed by atoms with E-state index in [0.29, 0.717) is 31.5 Å². The van der Waals surface area contributed by atoms with Gasteiger partial charge in [-0.15, -0.1) is 5.11 Å². The molecule has 0 radical (unpaired) electrons. The molecule has 0 saturated heterocycles. The third kappa shape index (κ3) is 4.01. The highest BCUT2D eigenvalue weighted by molar-refractivity contribution is 5.88. The molecule has 0 spiro atoms. The first-order valence-corrected chi connectivity index (χ1v) is 8.45. The van der Waals surface area contributed by atoms with E-state index < -0.39 is 5.54 Å². The summed E-state index contributed by atoms with van der Waals surface area (Å²) < 4.78 is 24.4. The van der Waals surface area contributed by atoms with Crippen LogP contribution in [-0.4, -0.2) is 29.1 Å². The van der Waals surface area contributed by atoms with Crippen molar-refractivity contribution in [1.82, 2.24) is 9.97 Å². The van der Waals surface area contributed by atoms with Gasteiger partial charge in [-0.25, -0.2) is 14.4 Å². The molecule has 2 heterocycles. The highest BCUT2D eigenvalue weighted by Gasteiger charge is 2.38. The van der Waals surface area contributed by atoms with Crippen LogP contribution in [0.5, 0.6) is 6.01 Å². The van der Waals surface area contributed by atoms with E-state index in [1.807, 2.05) is 19.9 Å². The summed E-state index contributed by atoms with van der Waals surface area (Å²) in [6.45, 7) is 4.78. The number of benzene rings is 1. The van der Waals surface area contributed by atoms with Gasteiger partial charge in [0.1, 0.15) is 5.82 Å². The van der Waals surface area contributed by atoms with Crippen LogP contribution in [0.3, 0.4) is 0 Å². The van der Waals surface area contributed by atoms with Crippen LogP contribution in [0.15, 0.2) is 52.0 Å². The van der Waals surface area contributed by atoms with E-state index in [1.165, 1.54) is 12.1 Å². The van der Waals surface area contributed by atoms with Crippen LogP contribution in [0.1, 0.15) is 31.5 Å². The van der Waals surface area contributed by atoms with Crippen LogP contribution in [0.2, 0.25) is 0 Å². The summed E-state index contributed by atoms with van der Waals surface area (Å²) in [5.41, 5.74) is 0.715. The fraction of sp³-hybridized carbons (Fsp3) is 0.389. The lowest BCUT2D eigenvalue weighted by atomic mass is 9.93. The van der Waals surface area contributed by atoms with Gasteiger partial charge >= 0.3 is 6.01 Å². The molecule has 1 aromatic carbocycles. The highest BCUT2D eigenvalue weighted by Crippen LogP contribution is 2.32.